The third kappa shape index (κ3) is 5.97. The summed E-state index contributed by atoms with van der Waals surface area (Å²) in [6.07, 6.45) is 0. The molecular formula is C14H21BrF2N2. The first-order chi connectivity index (χ1) is 8.69. The molecule has 1 unspecified atom stereocenters. The van der Waals surface area contributed by atoms with E-state index < -0.39 is 11.6 Å². The van der Waals surface area contributed by atoms with E-state index in [9.17, 15) is 8.78 Å². The molecular weight excluding hydrogens is 314 g/mol. The molecule has 0 radical (unpaired) electrons. The van der Waals surface area contributed by atoms with Gasteiger partial charge in [0.15, 0.2) is 0 Å². The molecule has 0 bridgehead atoms. The average Bonchev–Trinajstić information content (AvgIpc) is 2.23. The van der Waals surface area contributed by atoms with E-state index in [1.807, 2.05) is 6.92 Å². The molecule has 2 N–H and O–H groups in total. The maximum atomic E-state index is 13.6. The summed E-state index contributed by atoms with van der Waals surface area (Å²) in [7, 11) is 0. The number of hydrogen-bond donors (Lipinski definition) is 2. The van der Waals surface area contributed by atoms with E-state index in [0.29, 0.717) is 4.47 Å². The summed E-state index contributed by atoms with van der Waals surface area (Å²) in [5, 5.41) is 6.45. The van der Waals surface area contributed by atoms with Crippen LogP contribution in [0.1, 0.15) is 33.3 Å². The zero-order valence-electron chi connectivity index (χ0n) is 11.8. The van der Waals surface area contributed by atoms with Crippen LogP contribution in [0, 0.1) is 11.6 Å². The maximum Gasteiger partial charge on any atom is 0.131 e. The number of halogens is 3. The van der Waals surface area contributed by atoms with E-state index in [1.54, 1.807) is 0 Å². The molecule has 1 aromatic rings. The molecule has 0 aliphatic rings. The first-order valence-electron chi connectivity index (χ1n) is 6.31. The summed E-state index contributed by atoms with van der Waals surface area (Å²) in [5.74, 6) is -1.06. The van der Waals surface area contributed by atoms with Crippen molar-refractivity contribution in [3.8, 4) is 0 Å². The Kier molecular flexibility index (Phi) is 5.89. The van der Waals surface area contributed by atoms with Crippen LogP contribution in [0.25, 0.3) is 0 Å². The highest BCUT2D eigenvalue weighted by molar-refractivity contribution is 9.10. The second-order valence-electron chi connectivity index (χ2n) is 5.76. The van der Waals surface area contributed by atoms with Crippen molar-refractivity contribution < 1.29 is 8.78 Å². The van der Waals surface area contributed by atoms with Gasteiger partial charge in [-0.15, -0.1) is 0 Å². The van der Waals surface area contributed by atoms with Gasteiger partial charge in [-0.25, -0.2) is 8.78 Å². The van der Waals surface area contributed by atoms with E-state index >= 15 is 0 Å². The van der Waals surface area contributed by atoms with Crippen molar-refractivity contribution in [3.05, 3.63) is 33.8 Å². The zero-order valence-corrected chi connectivity index (χ0v) is 13.4. The van der Waals surface area contributed by atoms with Gasteiger partial charge in [-0.05, 0) is 39.8 Å². The van der Waals surface area contributed by atoms with Gasteiger partial charge in [-0.2, -0.15) is 0 Å². The van der Waals surface area contributed by atoms with Crippen molar-refractivity contribution in [3.63, 3.8) is 0 Å². The molecule has 1 rings (SSSR count). The molecule has 0 fully saturated rings. The summed E-state index contributed by atoms with van der Waals surface area (Å²) >= 11 is 3.06. The minimum Gasteiger partial charge on any atom is -0.311 e. The third-order valence-electron chi connectivity index (χ3n) is 2.67. The van der Waals surface area contributed by atoms with Gasteiger partial charge >= 0.3 is 0 Å². The van der Waals surface area contributed by atoms with Crippen LogP contribution in [0.2, 0.25) is 0 Å². The van der Waals surface area contributed by atoms with Crippen LogP contribution >= 0.6 is 15.9 Å². The highest BCUT2D eigenvalue weighted by atomic mass is 79.9. The molecule has 5 heteroatoms. The van der Waals surface area contributed by atoms with Crippen molar-refractivity contribution in [1.29, 1.82) is 0 Å². The lowest BCUT2D eigenvalue weighted by Gasteiger charge is -2.24. The molecule has 0 saturated heterocycles. The van der Waals surface area contributed by atoms with Gasteiger partial charge in [0.1, 0.15) is 11.6 Å². The van der Waals surface area contributed by atoms with Gasteiger partial charge in [-0.3, -0.25) is 0 Å². The average molecular weight is 335 g/mol. The fourth-order valence-corrected chi connectivity index (χ4v) is 1.95. The number of nitrogens with one attached hydrogen (secondary N) is 2. The fraction of sp³-hybridized carbons (Fsp3) is 0.571. The third-order valence-corrected chi connectivity index (χ3v) is 3.13. The van der Waals surface area contributed by atoms with Crippen LogP contribution in [0.15, 0.2) is 16.6 Å². The molecule has 0 spiro atoms. The van der Waals surface area contributed by atoms with Gasteiger partial charge in [0, 0.05) is 34.7 Å². The predicted molar refractivity (Wildman–Crippen MR) is 78.1 cm³/mol. The summed E-state index contributed by atoms with van der Waals surface area (Å²) < 4.78 is 27.6. The Morgan fingerprint density at radius 1 is 1.21 bits per heavy atom. The molecule has 0 amide bonds. The Hall–Kier alpha value is -0.520. The van der Waals surface area contributed by atoms with E-state index in [2.05, 4.69) is 47.3 Å². The molecule has 19 heavy (non-hydrogen) atoms. The maximum absolute atomic E-state index is 13.6. The molecule has 0 aliphatic carbocycles. The van der Waals surface area contributed by atoms with Gasteiger partial charge in [0.05, 0.1) is 0 Å². The van der Waals surface area contributed by atoms with Crippen molar-refractivity contribution in [2.24, 2.45) is 0 Å². The van der Waals surface area contributed by atoms with E-state index in [-0.39, 0.29) is 23.7 Å². The van der Waals surface area contributed by atoms with Crippen LogP contribution in [0.4, 0.5) is 8.78 Å². The van der Waals surface area contributed by atoms with Crippen LogP contribution in [0.5, 0.6) is 0 Å². The fourth-order valence-electron chi connectivity index (χ4n) is 1.55. The zero-order chi connectivity index (χ0) is 14.6. The van der Waals surface area contributed by atoms with E-state index in [4.69, 9.17) is 0 Å². The lowest BCUT2D eigenvalue weighted by Crippen LogP contribution is -2.44. The summed E-state index contributed by atoms with van der Waals surface area (Å²) in [6.45, 7) is 9.13. The first-order valence-corrected chi connectivity index (χ1v) is 7.10. The molecule has 2 nitrogen and oxygen atoms in total. The predicted octanol–water partition coefficient (Wildman–Crippen LogP) is 3.59. The summed E-state index contributed by atoms with van der Waals surface area (Å²) in [5.41, 5.74) is 0.107. The van der Waals surface area contributed by atoms with Gasteiger partial charge in [0.25, 0.3) is 0 Å². The molecule has 0 heterocycles. The number of hydrogen-bond acceptors (Lipinski definition) is 2. The first kappa shape index (κ1) is 16.5. The SMILES string of the molecule is CC(CNC(C)(C)C)NCc1c(F)cc(Br)cc1F. The van der Waals surface area contributed by atoms with Gasteiger partial charge in [-0.1, -0.05) is 15.9 Å². The smallest absolute Gasteiger partial charge is 0.131 e. The van der Waals surface area contributed by atoms with Crippen LogP contribution in [-0.2, 0) is 6.54 Å². The Balaban J connectivity index is 2.53. The van der Waals surface area contributed by atoms with Crippen molar-refractivity contribution in [1.82, 2.24) is 10.6 Å². The second kappa shape index (κ2) is 6.77. The lowest BCUT2D eigenvalue weighted by atomic mass is 10.1. The minimum atomic E-state index is -0.532. The molecule has 0 aliphatic heterocycles. The van der Waals surface area contributed by atoms with Gasteiger partial charge < -0.3 is 10.6 Å². The Morgan fingerprint density at radius 2 is 1.74 bits per heavy atom. The van der Waals surface area contributed by atoms with Crippen LogP contribution in [0.3, 0.4) is 0 Å². The van der Waals surface area contributed by atoms with Crippen molar-refractivity contribution >= 4 is 15.9 Å². The minimum absolute atomic E-state index is 0.0318. The Morgan fingerprint density at radius 3 is 2.21 bits per heavy atom. The molecule has 0 saturated carbocycles. The summed E-state index contributed by atoms with van der Waals surface area (Å²) in [4.78, 5) is 0. The standard InChI is InChI=1S/C14H21BrF2N2/c1-9(7-19-14(2,3)4)18-8-11-12(16)5-10(15)6-13(11)17/h5-6,9,18-19H,7-8H2,1-4H3. The lowest BCUT2D eigenvalue weighted by molar-refractivity contribution is 0.384. The van der Waals surface area contributed by atoms with Crippen LogP contribution < -0.4 is 10.6 Å². The number of rotatable bonds is 5. The van der Waals surface area contributed by atoms with Crippen molar-refractivity contribution in [2.45, 2.75) is 45.8 Å². The highest BCUT2D eigenvalue weighted by Gasteiger charge is 2.13. The quantitative estimate of drug-likeness (QED) is 0.859. The molecule has 0 aromatic heterocycles. The highest BCUT2D eigenvalue weighted by Crippen LogP contribution is 2.19. The molecule has 1 atom stereocenters. The molecule has 1 aromatic carbocycles. The molecule has 108 valence electrons. The Bertz CT molecular complexity index is 407. The van der Waals surface area contributed by atoms with E-state index in [1.165, 1.54) is 12.1 Å². The largest absolute Gasteiger partial charge is 0.311 e. The van der Waals surface area contributed by atoms with E-state index in [0.717, 1.165) is 6.54 Å². The summed E-state index contributed by atoms with van der Waals surface area (Å²) in [6, 6.07) is 2.68. The monoisotopic (exact) mass is 334 g/mol. The van der Waals surface area contributed by atoms with Crippen molar-refractivity contribution in [2.75, 3.05) is 6.54 Å². The Labute approximate surface area is 122 Å². The van der Waals surface area contributed by atoms with Gasteiger partial charge in [0.2, 0.25) is 0 Å². The normalized spacial score (nSPS) is 13.6. The number of benzene rings is 1. The topological polar surface area (TPSA) is 24.1 Å². The van der Waals surface area contributed by atoms with Crippen LogP contribution in [-0.4, -0.2) is 18.1 Å². The second-order valence-corrected chi connectivity index (χ2v) is 6.68.